The highest BCUT2D eigenvalue weighted by molar-refractivity contribution is 4.91. The van der Waals surface area contributed by atoms with Gasteiger partial charge in [0.05, 0.1) is 0 Å². The van der Waals surface area contributed by atoms with Crippen LogP contribution < -0.4 is 5.32 Å². The van der Waals surface area contributed by atoms with Crippen molar-refractivity contribution < 1.29 is 0 Å². The first kappa shape index (κ1) is 14.0. The second kappa shape index (κ2) is 5.05. The van der Waals surface area contributed by atoms with Crippen molar-refractivity contribution in [2.75, 3.05) is 26.7 Å². The molecule has 16 heavy (non-hydrogen) atoms. The lowest BCUT2D eigenvalue weighted by Gasteiger charge is -2.40. The molecule has 2 atom stereocenters. The molecule has 0 aromatic carbocycles. The van der Waals surface area contributed by atoms with Crippen molar-refractivity contribution in [3.05, 3.63) is 0 Å². The molecule has 0 radical (unpaired) electrons. The number of hydrogen-bond donors (Lipinski definition) is 1. The maximum atomic E-state index is 3.52. The fourth-order valence-corrected chi connectivity index (χ4v) is 2.67. The summed E-state index contributed by atoms with van der Waals surface area (Å²) in [5.41, 5.74) is 0.893. The van der Waals surface area contributed by atoms with Crippen LogP contribution in [0.1, 0.15) is 47.5 Å². The Hall–Kier alpha value is -0.0800. The standard InChI is InChI=1S/C14H30N2/c1-7-14(8-9-15-10-14)11-16(6)12(2)13(3,4)5/h12,15H,7-11H2,1-6H3. The third-order valence-electron chi connectivity index (χ3n) is 4.58. The second-order valence-electron chi connectivity index (χ2n) is 6.74. The van der Waals surface area contributed by atoms with Crippen LogP contribution in [0.25, 0.3) is 0 Å². The van der Waals surface area contributed by atoms with Gasteiger partial charge in [0.2, 0.25) is 0 Å². The van der Waals surface area contributed by atoms with Crippen LogP contribution in [-0.4, -0.2) is 37.6 Å². The highest BCUT2D eigenvalue weighted by Gasteiger charge is 2.35. The van der Waals surface area contributed by atoms with Crippen LogP contribution in [0.3, 0.4) is 0 Å². The van der Waals surface area contributed by atoms with E-state index in [4.69, 9.17) is 0 Å². The molecule has 1 fully saturated rings. The molecule has 96 valence electrons. The minimum atomic E-state index is 0.371. The molecule has 0 saturated carbocycles. The summed E-state index contributed by atoms with van der Waals surface area (Å²) in [6.45, 7) is 15.3. The Balaban J connectivity index is 2.58. The smallest absolute Gasteiger partial charge is 0.0113 e. The van der Waals surface area contributed by atoms with Crippen LogP contribution in [0.4, 0.5) is 0 Å². The molecule has 0 aromatic rings. The fourth-order valence-electron chi connectivity index (χ4n) is 2.67. The van der Waals surface area contributed by atoms with Crippen molar-refractivity contribution in [3.63, 3.8) is 0 Å². The normalized spacial score (nSPS) is 28.7. The first-order valence-corrected chi connectivity index (χ1v) is 6.72. The Kier molecular flexibility index (Phi) is 4.42. The quantitative estimate of drug-likeness (QED) is 0.793. The summed E-state index contributed by atoms with van der Waals surface area (Å²) in [5.74, 6) is 0. The third-order valence-corrected chi connectivity index (χ3v) is 4.58. The SMILES string of the molecule is CCC1(CN(C)C(C)C(C)(C)C)CCNC1. The molecule has 0 spiro atoms. The van der Waals surface area contributed by atoms with E-state index in [1.54, 1.807) is 0 Å². The highest BCUT2D eigenvalue weighted by Crippen LogP contribution is 2.32. The predicted octanol–water partition coefficient (Wildman–Crippen LogP) is 2.74. The van der Waals surface area contributed by atoms with Crippen molar-refractivity contribution in [1.29, 1.82) is 0 Å². The molecule has 1 saturated heterocycles. The van der Waals surface area contributed by atoms with E-state index in [9.17, 15) is 0 Å². The molecule has 0 bridgehead atoms. The summed E-state index contributed by atoms with van der Waals surface area (Å²) in [6.07, 6.45) is 2.63. The van der Waals surface area contributed by atoms with Gasteiger partial charge in [-0.25, -0.2) is 0 Å². The van der Waals surface area contributed by atoms with Crippen LogP contribution >= 0.6 is 0 Å². The van der Waals surface area contributed by atoms with Gasteiger partial charge in [-0.05, 0) is 44.2 Å². The average molecular weight is 226 g/mol. The molecule has 1 heterocycles. The summed E-state index contributed by atoms with van der Waals surface area (Å²) >= 11 is 0. The zero-order chi connectivity index (χ0) is 12.4. The first-order valence-electron chi connectivity index (χ1n) is 6.72. The molecule has 2 heteroatoms. The minimum Gasteiger partial charge on any atom is -0.316 e. The van der Waals surface area contributed by atoms with Crippen molar-refractivity contribution in [1.82, 2.24) is 10.2 Å². The van der Waals surface area contributed by atoms with Crippen LogP contribution in [-0.2, 0) is 0 Å². The van der Waals surface area contributed by atoms with Crippen LogP contribution in [0.15, 0.2) is 0 Å². The van der Waals surface area contributed by atoms with Gasteiger partial charge in [-0.2, -0.15) is 0 Å². The van der Waals surface area contributed by atoms with Gasteiger partial charge in [-0.15, -0.1) is 0 Å². The summed E-state index contributed by atoms with van der Waals surface area (Å²) in [6, 6.07) is 0.636. The third kappa shape index (κ3) is 3.21. The Morgan fingerprint density at radius 3 is 2.38 bits per heavy atom. The van der Waals surface area contributed by atoms with E-state index in [-0.39, 0.29) is 0 Å². The van der Waals surface area contributed by atoms with E-state index in [2.05, 4.69) is 51.9 Å². The van der Waals surface area contributed by atoms with Gasteiger partial charge in [0.1, 0.15) is 0 Å². The van der Waals surface area contributed by atoms with Crippen molar-refractivity contribution in [2.24, 2.45) is 10.8 Å². The average Bonchev–Trinajstić information content (AvgIpc) is 2.64. The number of rotatable bonds is 4. The maximum absolute atomic E-state index is 3.52. The Bertz CT molecular complexity index is 211. The van der Waals surface area contributed by atoms with Gasteiger partial charge in [0, 0.05) is 19.1 Å². The van der Waals surface area contributed by atoms with E-state index in [0.717, 1.165) is 0 Å². The maximum Gasteiger partial charge on any atom is 0.0113 e. The predicted molar refractivity (Wildman–Crippen MR) is 71.8 cm³/mol. The molecule has 0 amide bonds. The summed E-state index contributed by atoms with van der Waals surface area (Å²) in [4.78, 5) is 2.55. The first-order chi connectivity index (χ1) is 7.31. The van der Waals surface area contributed by atoms with Crippen LogP contribution in [0, 0.1) is 10.8 Å². The number of hydrogen-bond acceptors (Lipinski definition) is 2. The topological polar surface area (TPSA) is 15.3 Å². The Labute approximate surface area is 102 Å². The zero-order valence-corrected chi connectivity index (χ0v) is 12.1. The molecule has 2 unspecified atom stereocenters. The largest absolute Gasteiger partial charge is 0.316 e. The number of nitrogens with one attached hydrogen (secondary N) is 1. The van der Waals surface area contributed by atoms with E-state index >= 15 is 0 Å². The summed E-state index contributed by atoms with van der Waals surface area (Å²) in [7, 11) is 2.28. The van der Waals surface area contributed by atoms with Gasteiger partial charge in [-0.3, -0.25) is 0 Å². The zero-order valence-electron chi connectivity index (χ0n) is 12.1. The van der Waals surface area contributed by atoms with Crippen LogP contribution in [0.5, 0.6) is 0 Å². The number of nitrogens with zero attached hydrogens (tertiary/aromatic N) is 1. The minimum absolute atomic E-state index is 0.371. The van der Waals surface area contributed by atoms with Gasteiger partial charge in [-0.1, -0.05) is 27.7 Å². The fraction of sp³-hybridized carbons (Fsp3) is 1.00. The lowest BCUT2D eigenvalue weighted by atomic mass is 9.81. The van der Waals surface area contributed by atoms with E-state index in [1.165, 1.54) is 32.5 Å². The molecule has 0 aliphatic carbocycles. The molecular formula is C14H30N2. The molecular weight excluding hydrogens is 196 g/mol. The lowest BCUT2D eigenvalue weighted by Crippen LogP contribution is -2.45. The monoisotopic (exact) mass is 226 g/mol. The van der Waals surface area contributed by atoms with Crippen molar-refractivity contribution in [3.8, 4) is 0 Å². The molecule has 1 rings (SSSR count). The summed E-state index contributed by atoms with van der Waals surface area (Å²) < 4.78 is 0. The van der Waals surface area contributed by atoms with Gasteiger partial charge >= 0.3 is 0 Å². The molecule has 1 aliphatic rings. The summed E-state index contributed by atoms with van der Waals surface area (Å²) in [5, 5.41) is 3.52. The van der Waals surface area contributed by atoms with E-state index < -0.39 is 0 Å². The molecule has 1 N–H and O–H groups in total. The van der Waals surface area contributed by atoms with Crippen molar-refractivity contribution >= 4 is 0 Å². The van der Waals surface area contributed by atoms with Crippen LogP contribution in [0.2, 0.25) is 0 Å². The molecule has 2 nitrogen and oxygen atoms in total. The van der Waals surface area contributed by atoms with E-state index in [0.29, 0.717) is 16.9 Å². The molecule has 1 aliphatic heterocycles. The van der Waals surface area contributed by atoms with Gasteiger partial charge < -0.3 is 10.2 Å². The second-order valence-corrected chi connectivity index (χ2v) is 6.74. The van der Waals surface area contributed by atoms with Gasteiger partial charge in [0.25, 0.3) is 0 Å². The highest BCUT2D eigenvalue weighted by atomic mass is 15.1. The lowest BCUT2D eigenvalue weighted by molar-refractivity contribution is 0.0893. The Morgan fingerprint density at radius 1 is 1.38 bits per heavy atom. The molecule has 0 aromatic heterocycles. The van der Waals surface area contributed by atoms with Crippen molar-refractivity contribution in [2.45, 2.75) is 53.5 Å². The van der Waals surface area contributed by atoms with E-state index in [1.807, 2.05) is 0 Å². The van der Waals surface area contributed by atoms with Gasteiger partial charge in [0.15, 0.2) is 0 Å². The Morgan fingerprint density at radius 2 is 2.00 bits per heavy atom.